The molecule has 0 radical (unpaired) electrons. The third-order valence-corrected chi connectivity index (χ3v) is 8.77. The van der Waals surface area contributed by atoms with E-state index in [0.29, 0.717) is 39.8 Å². The van der Waals surface area contributed by atoms with Crippen molar-refractivity contribution in [2.24, 2.45) is 11.8 Å². The van der Waals surface area contributed by atoms with Crippen molar-refractivity contribution in [2.45, 2.75) is 19.4 Å². The van der Waals surface area contributed by atoms with Gasteiger partial charge < -0.3 is 20.3 Å². The maximum Gasteiger partial charge on any atom is 0.347 e. The van der Waals surface area contributed by atoms with Crippen LogP contribution in [0.5, 0.6) is 0 Å². The number of carbonyl (C=O) groups excluding carboxylic acids is 1. The number of aryl methyl sites for hydroxylation is 1. The minimum Gasteiger partial charge on any atom is -0.477 e. The van der Waals surface area contributed by atoms with Crippen LogP contribution in [-0.2, 0) is 6.42 Å². The van der Waals surface area contributed by atoms with E-state index >= 15 is 0 Å². The first kappa shape index (κ1) is 22.7. The fraction of sp³-hybridized carbons (Fsp3) is 0.318. The molecule has 1 aliphatic carbocycles. The summed E-state index contributed by atoms with van der Waals surface area (Å²) in [6.07, 6.45) is 0.454. The van der Waals surface area contributed by atoms with Crippen LogP contribution in [0.15, 0.2) is 28.7 Å². The van der Waals surface area contributed by atoms with Crippen molar-refractivity contribution in [2.75, 3.05) is 18.0 Å². The number of hydrogen-bond donors (Lipinski definition) is 3. The number of fused-ring (bicyclic) bond motifs is 1. The molecule has 2 aromatic heterocycles. The zero-order chi connectivity index (χ0) is 23.4. The molecule has 0 spiro atoms. The average molecular weight is 570 g/mol. The van der Waals surface area contributed by atoms with Crippen LogP contribution >= 0.6 is 50.5 Å². The van der Waals surface area contributed by atoms with E-state index in [0.717, 1.165) is 23.1 Å². The van der Waals surface area contributed by atoms with Gasteiger partial charge in [-0.2, -0.15) is 0 Å². The minimum absolute atomic E-state index is 0.0623. The number of nitrogens with zero attached hydrogens (tertiary/aromatic N) is 2. The van der Waals surface area contributed by atoms with Crippen LogP contribution in [0, 0.1) is 18.8 Å². The fourth-order valence-electron chi connectivity index (χ4n) is 4.45. The second-order valence-corrected chi connectivity index (χ2v) is 11.0. The molecular weight excluding hydrogens is 551 g/mol. The molecule has 3 atom stereocenters. The van der Waals surface area contributed by atoms with Crippen molar-refractivity contribution in [3.63, 3.8) is 0 Å². The monoisotopic (exact) mass is 568 g/mol. The number of rotatable bonds is 6. The number of hydrogen-bond acceptors (Lipinski definition) is 5. The van der Waals surface area contributed by atoms with E-state index in [9.17, 15) is 14.7 Å². The number of piperidine rings is 1. The second-order valence-electron chi connectivity index (χ2n) is 8.37. The molecule has 7 nitrogen and oxygen atoms in total. The number of carboxylic acid groups (broad SMARTS) is 1. The highest BCUT2D eigenvalue weighted by Gasteiger charge is 2.57. The largest absolute Gasteiger partial charge is 0.477 e. The molecule has 3 N–H and O–H groups in total. The van der Waals surface area contributed by atoms with Crippen LogP contribution < -0.4 is 10.2 Å². The number of anilines is 1. The van der Waals surface area contributed by atoms with Crippen molar-refractivity contribution in [1.82, 2.24) is 15.3 Å². The smallest absolute Gasteiger partial charge is 0.347 e. The van der Waals surface area contributed by atoms with E-state index in [1.54, 1.807) is 6.92 Å². The normalized spacial score (nSPS) is 21.2. The van der Waals surface area contributed by atoms with Crippen LogP contribution in [0.4, 0.5) is 5.13 Å². The zero-order valence-corrected chi connectivity index (χ0v) is 21.3. The molecule has 172 valence electrons. The molecule has 3 heterocycles. The van der Waals surface area contributed by atoms with E-state index < -0.39 is 5.97 Å². The Morgan fingerprint density at radius 2 is 2.03 bits per heavy atom. The Balaban J connectivity index is 1.25. The topological polar surface area (TPSA) is 98.3 Å². The van der Waals surface area contributed by atoms with Gasteiger partial charge in [-0.1, -0.05) is 62.6 Å². The quantitative estimate of drug-likeness (QED) is 0.388. The zero-order valence-electron chi connectivity index (χ0n) is 17.4. The van der Waals surface area contributed by atoms with Crippen LogP contribution in [-0.4, -0.2) is 46.1 Å². The Labute approximate surface area is 212 Å². The minimum atomic E-state index is -0.963. The van der Waals surface area contributed by atoms with Gasteiger partial charge in [-0.15, -0.1) is 0 Å². The highest BCUT2D eigenvalue weighted by Crippen LogP contribution is 2.48. The standard InChI is InChI=1S/C22H19BrCl2N4O3S/c1-9-15(24)16(25)18(26-9)20(30)28-17-12-7-29(8-13(12)17)22-27-14(19(33-22)21(31)32)6-10-3-2-4-11(23)5-10/h2-5,12-13,17,26H,6-8H2,1H3,(H,28,30)(H,31,32)/t12-,13+,17-. The van der Waals surface area contributed by atoms with Crippen molar-refractivity contribution < 1.29 is 14.7 Å². The molecule has 0 unspecified atom stereocenters. The number of aromatic carboxylic acids is 1. The summed E-state index contributed by atoms with van der Waals surface area (Å²) in [6, 6.07) is 7.84. The average Bonchev–Trinajstić information content (AvgIpc) is 3.12. The predicted octanol–water partition coefficient (Wildman–Crippen LogP) is 5.00. The summed E-state index contributed by atoms with van der Waals surface area (Å²) in [7, 11) is 0. The van der Waals surface area contributed by atoms with E-state index in [1.807, 2.05) is 24.3 Å². The third kappa shape index (κ3) is 4.27. The lowest BCUT2D eigenvalue weighted by Gasteiger charge is -2.19. The van der Waals surface area contributed by atoms with Crippen LogP contribution in [0.3, 0.4) is 0 Å². The lowest BCUT2D eigenvalue weighted by molar-refractivity contribution is 0.0700. The SMILES string of the molecule is Cc1[nH]c(C(=O)N[C@@H]2[C@@H]3CN(c4nc(Cc5cccc(Br)c5)c(C(=O)O)s4)C[C@@H]32)c(Cl)c1Cl. The maximum absolute atomic E-state index is 12.6. The number of aromatic nitrogens is 2. The molecule has 0 bridgehead atoms. The molecule has 1 amide bonds. The van der Waals surface area contributed by atoms with Crippen molar-refractivity contribution in [3.8, 4) is 0 Å². The number of amides is 1. The molecular formula is C22H19BrCl2N4O3S. The van der Waals surface area contributed by atoms with Gasteiger partial charge in [0.1, 0.15) is 10.6 Å². The highest BCUT2D eigenvalue weighted by atomic mass is 79.9. The fourth-order valence-corrected chi connectivity index (χ4v) is 6.25. The third-order valence-electron chi connectivity index (χ3n) is 6.18. The van der Waals surface area contributed by atoms with E-state index in [4.69, 9.17) is 23.2 Å². The lowest BCUT2D eigenvalue weighted by Crippen LogP contribution is -2.34. The van der Waals surface area contributed by atoms with Gasteiger partial charge in [0.2, 0.25) is 0 Å². The summed E-state index contributed by atoms with van der Waals surface area (Å²) < 4.78 is 0.943. The number of carbonyl (C=O) groups is 2. The molecule has 1 aromatic carbocycles. The van der Waals surface area contributed by atoms with E-state index in [1.165, 1.54) is 11.3 Å². The van der Waals surface area contributed by atoms with Crippen molar-refractivity contribution >= 4 is 67.5 Å². The number of aromatic amines is 1. The number of H-pyrrole nitrogens is 1. The molecule has 3 aromatic rings. The maximum atomic E-state index is 12.6. The first-order valence-electron chi connectivity index (χ1n) is 10.3. The number of nitrogens with one attached hydrogen (secondary N) is 2. The second kappa shape index (κ2) is 8.61. The van der Waals surface area contributed by atoms with Gasteiger partial charge in [0.05, 0.1) is 15.7 Å². The van der Waals surface area contributed by atoms with Gasteiger partial charge in [-0.3, -0.25) is 4.79 Å². The van der Waals surface area contributed by atoms with Gasteiger partial charge in [0.25, 0.3) is 5.91 Å². The summed E-state index contributed by atoms with van der Waals surface area (Å²) in [4.78, 5) is 34.4. The summed E-state index contributed by atoms with van der Waals surface area (Å²) >= 11 is 16.9. The van der Waals surface area contributed by atoms with Crippen LogP contribution in [0.25, 0.3) is 0 Å². The van der Waals surface area contributed by atoms with Gasteiger partial charge in [-0.05, 0) is 24.6 Å². The number of thiazole rings is 1. The molecule has 1 aliphatic heterocycles. The van der Waals surface area contributed by atoms with Gasteiger partial charge >= 0.3 is 5.97 Å². The molecule has 1 saturated heterocycles. The molecule has 2 fully saturated rings. The Bertz CT molecular complexity index is 1260. The van der Waals surface area contributed by atoms with Crippen LogP contribution in [0.2, 0.25) is 10.0 Å². The molecule has 2 aliphatic rings. The number of carboxylic acids is 1. The van der Waals surface area contributed by atoms with Gasteiger partial charge in [0.15, 0.2) is 5.13 Å². The van der Waals surface area contributed by atoms with E-state index in [-0.39, 0.29) is 27.5 Å². The Kier molecular flexibility index (Phi) is 5.93. The number of benzene rings is 1. The first-order chi connectivity index (χ1) is 15.7. The Morgan fingerprint density at radius 3 is 2.64 bits per heavy atom. The summed E-state index contributed by atoms with van der Waals surface area (Å²) in [6.45, 7) is 3.20. The number of halogens is 3. The van der Waals surface area contributed by atoms with Gasteiger partial charge in [-0.25, -0.2) is 9.78 Å². The Hall–Kier alpha value is -2.07. The summed E-state index contributed by atoms with van der Waals surface area (Å²) in [5, 5.41) is 14.0. The predicted molar refractivity (Wildman–Crippen MR) is 132 cm³/mol. The van der Waals surface area contributed by atoms with Crippen molar-refractivity contribution in [1.29, 1.82) is 0 Å². The molecule has 5 rings (SSSR count). The molecule has 33 heavy (non-hydrogen) atoms. The van der Waals surface area contributed by atoms with E-state index in [2.05, 4.69) is 36.1 Å². The van der Waals surface area contributed by atoms with Crippen LogP contribution in [0.1, 0.15) is 37.1 Å². The molecule has 1 saturated carbocycles. The first-order valence-corrected chi connectivity index (χ1v) is 12.7. The van der Waals surface area contributed by atoms with Gasteiger partial charge in [0, 0.05) is 47.6 Å². The Morgan fingerprint density at radius 1 is 1.30 bits per heavy atom. The lowest BCUT2D eigenvalue weighted by atomic mass is 10.1. The highest BCUT2D eigenvalue weighted by molar-refractivity contribution is 9.10. The van der Waals surface area contributed by atoms with Crippen molar-refractivity contribution in [3.05, 3.63) is 66.3 Å². The summed E-state index contributed by atoms with van der Waals surface area (Å²) in [5.74, 6) is -0.635. The summed E-state index contributed by atoms with van der Waals surface area (Å²) in [5.41, 5.74) is 2.50. The molecule has 11 heteroatoms.